The molecular formula is C18H18N4O2. The van der Waals surface area contributed by atoms with Crippen LogP contribution >= 0.6 is 0 Å². The average molecular weight is 322 g/mol. The molecule has 0 saturated carbocycles. The van der Waals surface area contributed by atoms with E-state index >= 15 is 0 Å². The van der Waals surface area contributed by atoms with Gasteiger partial charge in [-0.1, -0.05) is 0 Å². The number of hydrogen-bond donors (Lipinski definition) is 1. The Hall–Kier alpha value is -3.15. The van der Waals surface area contributed by atoms with Gasteiger partial charge in [0.2, 0.25) is 0 Å². The van der Waals surface area contributed by atoms with Gasteiger partial charge in [0.15, 0.2) is 0 Å². The van der Waals surface area contributed by atoms with Gasteiger partial charge in [0.25, 0.3) is 5.91 Å². The number of anilines is 1. The Bertz CT molecular complexity index is 823. The third kappa shape index (κ3) is 3.43. The number of rotatable bonds is 5. The number of amides is 1. The van der Waals surface area contributed by atoms with Crippen molar-refractivity contribution < 1.29 is 9.53 Å². The summed E-state index contributed by atoms with van der Waals surface area (Å²) in [5, 5.41) is 2.83. The van der Waals surface area contributed by atoms with Crippen molar-refractivity contribution in [3.05, 3.63) is 66.4 Å². The summed E-state index contributed by atoms with van der Waals surface area (Å²) in [5.74, 6) is 2.17. The van der Waals surface area contributed by atoms with Crippen molar-refractivity contribution in [1.29, 1.82) is 0 Å². The molecule has 0 spiro atoms. The van der Waals surface area contributed by atoms with E-state index in [1.165, 1.54) is 0 Å². The molecule has 0 fully saturated rings. The van der Waals surface area contributed by atoms with Crippen molar-refractivity contribution in [2.75, 3.05) is 11.9 Å². The van der Waals surface area contributed by atoms with Crippen molar-refractivity contribution in [3.63, 3.8) is 0 Å². The molecule has 1 N–H and O–H groups in total. The highest BCUT2D eigenvalue weighted by Crippen LogP contribution is 2.15. The zero-order valence-corrected chi connectivity index (χ0v) is 13.6. The van der Waals surface area contributed by atoms with Crippen LogP contribution < -0.4 is 10.1 Å². The quantitative estimate of drug-likeness (QED) is 0.783. The predicted molar refractivity (Wildman–Crippen MR) is 91.7 cm³/mol. The van der Waals surface area contributed by atoms with Crippen LogP contribution in [0.5, 0.6) is 5.75 Å². The van der Waals surface area contributed by atoms with Crippen molar-refractivity contribution in [2.24, 2.45) is 0 Å². The van der Waals surface area contributed by atoms with Gasteiger partial charge in [0, 0.05) is 18.0 Å². The molecule has 0 bridgehead atoms. The number of aromatic nitrogens is 3. The first-order valence-corrected chi connectivity index (χ1v) is 7.68. The van der Waals surface area contributed by atoms with Gasteiger partial charge in [-0.2, -0.15) is 0 Å². The molecule has 2 aromatic heterocycles. The third-order valence-corrected chi connectivity index (χ3v) is 3.51. The summed E-state index contributed by atoms with van der Waals surface area (Å²) in [6.07, 6.45) is 5.19. The van der Waals surface area contributed by atoms with E-state index in [1.54, 1.807) is 36.7 Å². The first-order chi connectivity index (χ1) is 11.7. The number of nitrogens with zero attached hydrogens (tertiary/aromatic N) is 3. The van der Waals surface area contributed by atoms with Gasteiger partial charge in [0.05, 0.1) is 18.5 Å². The Kier molecular flexibility index (Phi) is 4.56. The van der Waals surface area contributed by atoms with Gasteiger partial charge in [0.1, 0.15) is 17.4 Å². The number of benzene rings is 1. The molecule has 2 heterocycles. The van der Waals surface area contributed by atoms with Crippen LogP contribution in [0, 0.1) is 6.92 Å². The Morgan fingerprint density at radius 2 is 1.96 bits per heavy atom. The van der Waals surface area contributed by atoms with Crippen LogP contribution in [-0.4, -0.2) is 27.0 Å². The maximum atomic E-state index is 12.3. The van der Waals surface area contributed by atoms with Crippen molar-refractivity contribution in [2.45, 2.75) is 13.8 Å². The minimum absolute atomic E-state index is 0.189. The molecule has 6 heteroatoms. The molecule has 0 aliphatic heterocycles. The van der Waals surface area contributed by atoms with Crippen LogP contribution in [-0.2, 0) is 0 Å². The summed E-state index contributed by atoms with van der Waals surface area (Å²) in [5.41, 5.74) is 1.20. The first-order valence-electron chi connectivity index (χ1n) is 7.68. The van der Waals surface area contributed by atoms with E-state index in [2.05, 4.69) is 15.3 Å². The molecule has 24 heavy (non-hydrogen) atoms. The number of hydrogen-bond acceptors (Lipinski definition) is 4. The first kappa shape index (κ1) is 15.7. The second-order valence-corrected chi connectivity index (χ2v) is 5.16. The van der Waals surface area contributed by atoms with Crippen molar-refractivity contribution in [3.8, 4) is 11.6 Å². The molecule has 3 aromatic rings. The largest absolute Gasteiger partial charge is 0.494 e. The van der Waals surface area contributed by atoms with E-state index in [4.69, 9.17) is 4.74 Å². The van der Waals surface area contributed by atoms with Crippen LogP contribution in [0.15, 0.2) is 55.0 Å². The highest BCUT2D eigenvalue weighted by atomic mass is 16.5. The number of carbonyl (C=O) groups is 1. The minimum atomic E-state index is -0.189. The van der Waals surface area contributed by atoms with Crippen LogP contribution in [0.3, 0.4) is 0 Å². The molecule has 0 atom stereocenters. The summed E-state index contributed by atoms with van der Waals surface area (Å²) in [6, 6.07) is 10.7. The number of imidazole rings is 1. The topological polar surface area (TPSA) is 69.0 Å². The van der Waals surface area contributed by atoms with Crippen LogP contribution in [0.4, 0.5) is 5.69 Å². The normalized spacial score (nSPS) is 10.4. The second kappa shape index (κ2) is 6.95. The molecule has 0 radical (unpaired) electrons. The van der Waals surface area contributed by atoms with Crippen LogP contribution in [0.2, 0.25) is 0 Å². The number of ether oxygens (including phenoxy) is 1. The van der Waals surface area contributed by atoms with E-state index in [0.717, 1.165) is 17.4 Å². The Balaban J connectivity index is 1.69. The average Bonchev–Trinajstić information content (AvgIpc) is 3.02. The van der Waals surface area contributed by atoms with Crippen molar-refractivity contribution in [1.82, 2.24) is 14.5 Å². The Morgan fingerprint density at radius 3 is 2.54 bits per heavy atom. The smallest absolute Gasteiger partial charge is 0.255 e. The lowest BCUT2D eigenvalue weighted by Crippen LogP contribution is -2.12. The Labute approximate surface area is 140 Å². The lowest BCUT2D eigenvalue weighted by atomic mass is 10.2. The molecule has 0 aliphatic carbocycles. The molecule has 1 amide bonds. The van der Waals surface area contributed by atoms with Gasteiger partial charge in [-0.25, -0.2) is 9.97 Å². The molecule has 1 aromatic carbocycles. The zero-order chi connectivity index (χ0) is 16.9. The van der Waals surface area contributed by atoms with E-state index in [0.29, 0.717) is 17.9 Å². The summed E-state index contributed by atoms with van der Waals surface area (Å²) >= 11 is 0. The molecule has 0 aliphatic rings. The maximum absolute atomic E-state index is 12.3. The molecule has 0 saturated heterocycles. The number of nitrogens with one attached hydrogen (secondary N) is 1. The van der Waals surface area contributed by atoms with Crippen molar-refractivity contribution >= 4 is 11.6 Å². The molecule has 122 valence electrons. The molecule has 6 nitrogen and oxygen atoms in total. The van der Waals surface area contributed by atoms with E-state index in [9.17, 15) is 4.79 Å². The number of carbonyl (C=O) groups excluding carboxylic acids is 1. The predicted octanol–water partition coefficient (Wildman–Crippen LogP) is 3.23. The standard InChI is InChI=1S/C18H18N4O2/c1-3-24-16-7-4-14(5-8-16)18(23)21-15-6-9-17(20-12-15)22-11-10-19-13(22)2/h4-12H,3H2,1-2H3,(H,21,23). The zero-order valence-electron chi connectivity index (χ0n) is 13.6. The van der Waals surface area contributed by atoms with Gasteiger partial charge in [-0.3, -0.25) is 9.36 Å². The summed E-state index contributed by atoms with van der Waals surface area (Å²) in [6.45, 7) is 4.42. The second-order valence-electron chi connectivity index (χ2n) is 5.16. The fourth-order valence-corrected chi connectivity index (χ4v) is 2.30. The van der Waals surface area contributed by atoms with Gasteiger partial charge in [-0.15, -0.1) is 0 Å². The molecular weight excluding hydrogens is 304 g/mol. The lowest BCUT2D eigenvalue weighted by molar-refractivity contribution is 0.102. The number of pyridine rings is 1. The summed E-state index contributed by atoms with van der Waals surface area (Å²) in [4.78, 5) is 20.8. The lowest BCUT2D eigenvalue weighted by Gasteiger charge is -2.08. The Morgan fingerprint density at radius 1 is 1.17 bits per heavy atom. The summed E-state index contributed by atoms with van der Waals surface area (Å²) < 4.78 is 7.24. The highest BCUT2D eigenvalue weighted by molar-refractivity contribution is 6.04. The third-order valence-electron chi connectivity index (χ3n) is 3.51. The number of aryl methyl sites for hydroxylation is 1. The van der Waals surface area contributed by atoms with Gasteiger partial charge >= 0.3 is 0 Å². The highest BCUT2D eigenvalue weighted by Gasteiger charge is 2.07. The monoisotopic (exact) mass is 322 g/mol. The summed E-state index contributed by atoms with van der Waals surface area (Å²) in [7, 11) is 0. The van der Waals surface area contributed by atoms with Gasteiger partial charge in [-0.05, 0) is 50.2 Å². The fraction of sp³-hybridized carbons (Fsp3) is 0.167. The van der Waals surface area contributed by atoms with Crippen LogP contribution in [0.25, 0.3) is 5.82 Å². The van der Waals surface area contributed by atoms with Gasteiger partial charge < -0.3 is 10.1 Å². The fourth-order valence-electron chi connectivity index (χ4n) is 2.30. The SMILES string of the molecule is CCOc1ccc(C(=O)Nc2ccc(-n3ccnc3C)nc2)cc1. The minimum Gasteiger partial charge on any atom is -0.494 e. The maximum Gasteiger partial charge on any atom is 0.255 e. The van der Waals surface area contributed by atoms with E-state index in [-0.39, 0.29) is 5.91 Å². The van der Waals surface area contributed by atoms with E-state index < -0.39 is 0 Å². The van der Waals surface area contributed by atoms with E-state index in [1.807, 2.05) is 36.7 Å². The molecule has 3 rings (SSSR count). The molecule has 0 unspecified atom stereocenters. The van der Waals surface area contributed by atoms with Crippen LogP contribution in [0.1, 0.15) is 23.1 Å².